The van der Waals surface area contributed by atoms with Crippen molar-refractivity contribution < 1.29 is 18.4 Å². The lowest BCUT2D eigenvalue weighted by atomic mass is 10.1. The number of aryl methyl sites for hydroxylation is 1. The molecule has 1 aromatic heterocycles. The van der Waals surface area contributed by atoms with Crippen molar-refractivity contribution in [2.75, 3.05) is 5.32 Å². The number of benzene rings is 2. The van der Waals surface area contributed by atoms with Gasteiger partial charge in [-0.25, -0.2) is 4.39 Å². The number of anilines is 1. The van der Waals surface area contributed by atoms with E-state index < -0.39 is 5.91 Å². The number of hydrogen-bond acceptors (Lipinski definition) is 5. The molecule has 7 heteroatoms. The molecule has 0 spiro atoms. The number of hydrogen-bond donors (Lipinski definition) is 1. The van der Waals surface area contributed by atoms with E-state index in [4.69, 9.17) is 9.26 Å². The summed E-state index contributed by atoms with van der Waals surface area (Å²) in [7, 11) is 0. The van der Waals surface area contributed by atoms with Crippen molar-refractivity contribution in [1.29, 1.82) is 5.26 Å². The van der Waals surface area contributed by atoms with Crippen molar-refractivity contribution in [2.24, 2.45) is 0 Å². The van der Waals surface area contributed by atoms with Crippen molar-refractivity contribution in [3.05, 3.63) is 82.9 Å². The zero-order valence-corrected chi connectivity index (χ0v) is 15.0. The summed E-state index contributed by atoms with van der Waals surface area (Å²) in [5.74, 6) is 0.535. The number of amides is 1. The largest absolute Gasteiger partial charge is 0.489 e. The van der Waals surface area contributed by atoms with Gasteiger partial charge in [0.15, 0.2) is 5.82 Å². The van der Waals surface area contributed by atoms with E-state index in [1.54, 1.807) is 49.4 Å². The monoisotopic (exact) mass is 377 g/mol. The molecule has 0 fully saturated rings. The normalized spacial score (nSPS) is 11.0. The zero-order valence-electron chi connectivity index (χ0n) is 15.0. The van der Waals surface area contributed by atoms with Gasteiger partial charge in [0.2, 0.25) is 0 Å². The molecule has 2 aromatic carbocycles. The first-order chi connectivity index (χ1) is 13.5. The molecule has 140 valence electrons. The van der Waals surface area contributed by atoms with Gasteiger partial charge >= 0.3 is 0 Å². The number of rotatable bonds is 6. The topological polar surface area (TPSA) is 88.2 Å². The number of carbonyl (C=O) groups is 1. The standard InChI is InChI=1S/C21H16FN3O3/c1-14-10-20(25-28-14)24-21(26)17(12-23)11-15-4-8-19(9-5-15)27-13-16-2-6-18(22)7-3-16/h2-11H,13H2,1H3,(H,24,25,26)/b17-11-. The van der Waals surface area contributed by atoms with Crippen LogP contribution in [0.15, 0.2) is 64.7 Å². The van der Waals surface area contributed by atoms with Gasteiger partial charge in [-0.2, -0.15) is 5.26 Å². The lowest BCUT2D eigenvalue weighted by Gasteiger charge is -2.07. The predicted octanol–water partition coefficient (Wildman–Crippen LogP) is 4.25. The summed E-state index contributed by atoms with van der Waals surface area (Å²) >= 11 is 0. The highest BCUT2D eigenvalue weighted by molar-refractivity contribution is 6.09. The Hall–Kier alpha value is -3.92. The minimum atomic E-state index is -0.576. The van der Waals surface area contributed by atoms with Crippen molar-refractivity contribution in [1.82, 2.24) is 5.16 Å². The quantitative estimate of drug-likeness (QED) is 0.513. The maximum atomic E-state index is 12.9. The van der Waals surface area contributed by atoms with E-state index in [0.29, 0.717) is 23.7 Å². The fourth-order valence-corrected chi connectivity index (χ4v) is 2.33. The Labute approximate surface area is 160 Å². The lowest BCUT2D eigenvalue weighted by Crippen LogP contribution is -2.13. The van der Waals surface area contributed by atoms with Crippen molar-refractivity contribution >= 4 is 17.8 Å². The first-order valence-electron chi connectivity index (χ1n) is 8.37. The number of nitrogens with one attached hydrogen (secondary N) is 1. The van der Waals surface area contributed by atoms with Gasteiger partial charge in [0.1, 0.15) is 35.6 Å². The number of ether oxygens (including phenoxy) is 1. The van der Waals surface area contributed by atoms with Gasteiger partial charge in [-0.1, -0.05) is 29.4 Å². The molecule has 0 aliphatic rings. The Kier molecular flexibility index (Phi) is 5.82. The summed E-state index contributed by atoms with van der Waals surface area (Å²) in [4.78, 5) is 12.2. The molecule has 0 bridgehead atoms. The summed E-state index contributed by atoms with van der Waals surface area (Å²) < 4.78 is 23.4. The third-order valence-corrected chi connectivity index (χ3v) is 3.74. The molecular weight excluding hydrogens is 361 g/mol. The van der Waals surface area contributed by atoms with Crippen molar-refractivity contribution in [2.45, 2.75) is 13.5 Å². The van der Waals surface area contributed by atoms with E-state index in [1.165, 1.54) is 18.2 Å². The van der Waals surface area contributed by atoms with Crippen LogP contribution in [-0.4, -0.2) is 11.1 Å². The molecule has 0 aliphatic carbocycles. The van der Waals surface area contributed by atoms with Gasteiger partial charge in [0, 0.05) is 6.07 Å². The molecule has 0 aliphatic heterocycles. The molecule has 6 nitrogen and oxygen atoms in total. The van der Waals surface area contributed by atoms with Gasteiger partial charge in [0.25, 0.3) is 5.91 Å². The molecular formula is C21H16FN3O3. The van der Waals surface area contributed by atoms with Crippen LogP contribution >= 0.6 is 0 Å². The van der Waals surface area contributed by atoms with Crippen LogP contribution in [0.5, 0.6) is 5.75 Å². The predicted molar refractivity (Wildman–Crippen MR) is 101 cm³/mol. The third kappa shape index (κ3) is 5.05. The van der Waals surface area contributed by atoms with E-state index in [2.05, 4.69) is 10.5 Å². The lowest BCUT2D eigenvalue weighted by molar-refractivity contribution is -0.112. The second-order valence-electron chi connectivity index (χ2n) is 5.93. The Bertz CT molecular complexity index is 1030. The van der Waals surface area contributed by atoms with E-state index >= 15 is 0 Å². The summed E-state index contributed by atoms with van der Waals surface area (Å²) in [5.41, 5.74) is 1.44. The highest BCUT2D eigenvalue weighted by Crippen LogP contribution is 2.17. The van der Waals surface area contributed by atoms with Crippen LogP contribution in [0, 0.1) is 24.1 Å². The van der Waals surface area contributed by atoms with Crippen LogP contribution in [-0.2, 0) is 11.4 Å². The van der Waals surface area contributed by atoms with Crippen molar-refractivity contribution in [3.8, 4) is 11.8 Å². The van der Waals surface area contributed by atoms with Gasteiger partial charge in [-0.3, -0.25) is 4.79 Å². The molecule has 3 rings (SSSR count). The highest BCUT2D eigenvalue weighted by Gasteiger charge is 2.11. The van der Waals surface area contributed by atoms with Gasteiger partial charge in [-0.15, -0.1) is 0 Å². The smallest absolute Gasteiger partial charge is 0.267 e. The molecule has 0 saturated heterocycles. The Morgan fingerprint density at radius 2 is 1.96 bits per heavy atom. The Morgan fingerprint density at radius 3 is 2.57 bits per heavy atom. The number of carbonyl (C=O) groups excluding carboxylic acids is 1. The Morgan fingerprint density at radius 1 is 1.25 bits per heavy atom. The molecule has 1 amide bonds. The minimum absolute atomic E-state index is 0.0689. The summed E-state index contributed by atoms with van der Waals surface area (Å²) in [6.07, 6.45) is 1.46. The van der Waals surface area contributed by atoms with Crippen LogP contribution in [0.2, 0.25) is 0 Å². The SMILES string of the molecule is Cc1cc(NC(=O)/C(C#N)=C\c2ccc(OCc3ccc(F)cc3)cc2)no1. The molecule has 0 saturated carbocycles. The third-order valence-electron chi connectivity index (χ3n) is 3.74. The molecule has 1 N–H and O–H groups in total. The van der Waals surface area contributed by atoms with E-state index in [-0.39, 0.29) is 17.2 Å². The summed E-state index contributed by atoms with van der Waals surface area (Å²) in [6.45, 7) is 2.00. The van der Waals surface area contributed by atoms with Crippen molar-refractivity contribution in [3.63, 3.8) is 0 Å². The van der Waals surface area contributed by atoms with Gasteiger partial charge in [0.05, 0.1) is 0 Å². The summed E-state index contributed by atoms with van der Waals surface area (Å²) in [6, 6.07) is 16.4. The molecule has 0 unspecified atom stereocenters. The second kappa shape index (κ2) is 8.64. The van der Waals surface area contributed by atoms with Crippen LogP contribution < -0.4 is 10.1 Å². The maximum Gasteiger partial charge on any atom is 0.267 e. The first kappa shape index (κ1) is 18.9. The van der Waals surface area contributed by atoms with Crippen LogP contribution in [0.4, 0.5) is 10.2 Å². The average Bonchev–Trinajstić information content (AvgIpc) is 3.11. The number of aromatic nitrogens is 1. The number of halogens is 1. The molecule has 0 radical (unpaired) electrons. The summed E-state index contributed by atoms with van der Waals surface area (Å²) in [5, 5.41) is 15.4. The Balaban J connectivity index is 1.63. The molecule has 28 heavy (non-hydrogen) atoms. The highest BCUT2D eigenvalue weighted by atomic mass is 19.1. The van der Waals surface area contributed by atoms with Gasteiger partial charge in [-0.05, 0) is 48.4 Å². The maximum absolute atomic E-state index is 12.9. The van der Waals surface area contributed by atoms with E-state index in [1.807, 2.05) is 6.07 Å². The van der Waals surface area contributed by atoms with Crippen LogP contribution in [0.25, 0.3) is 6.08 Å². The van der Waals surface area contributed by atoms with Crippen LogP contribution in [0.1, 0.15) is 16.9 Å². The molecule has 0 atom stereocenters. The molecule has 3 aromatic rings. The fourth-order valence-electron chi connectivity index (χ4n) is 2.33. The fraction of sp³-hybridized carbons (Fsp3) is 0.0952. The minimum Gasteiger partial charge on any atom is -0.489 e. The van der Waals surface area contributed by atoms with Gasteiger partial charge < -0.3 is 14.6 Å². The number of nitriles is 1. The first-order valence-corrected chi connectivity index (χ1v) is 8.37. The second-order valence-corrected chi connectivity index (χ2v) is 5.93. The van der Waals surface area contributed by atoms with E-state index in [9.17, 15) is 14.4 Å². The number of nitrogens with zero attached hydrogens (tertiary/aromatic N) is 2. The average molecular weight is 377 g/mol. The zero-order chi connectivity index (χ0) is 19.9. The van der Waals surface area contributed by atoms with Crippen LogP contribution in [0.3, 0.4) is 0 Å². The van der Waals surface area contributed by atoms with E-state index in [0.717, 1.165) is 5.56 Å². The molecule has 1 heterocycles.